The first kappa shape index (κ1) is 11.4. The lowest BCUT2D eigenvalue weighted by molar-refractivity contribution is 0.0184. The van der Waals surface area contributed by atoms with Crippen molar-refractivity contribution >= 4 is 0 Å². The number of likely N-dealkylation sites (tertiary alicyclic amines) is 2. The summed E-state index contributed by atoms with van der Waals surface area (Å²) < 4.78 is 0. The first-order valence-electron chi connectivity index (χ1n) is 6.56. The summed E-state index contributed by atoms with van der Waals surface area (Å²) in [6.45, 7) is 12.4. The fourth-order valence-corrected chi connectivity index (χ4v) is 2.94. The minimum absolute atomic E-state index is 0.357. The maximum Gasteiger partial charge on any atom is 0.0228 e. The molecule has 0 spiro atoms. The lowest BCUT2D eigenvalue weighted by Crippen LogP contribution is -2.56. The minimum atomic E-state index is 0.357. The predicted octanol–water partition coefficient (Wildman–Crippen LogP) is 2.35. The molecule has 15 heavy (non-hydrogen) atoms. The summed E-state index contributed by atoms with van der Waals surface area (Å²) in [4.78, 5) is 5.35. The second-order valence-corrected chi connectivity index (χ2v) is 6.17. The SMILES string of the molecule is CC(C)(C)N1CCCCC1CN1CCC1. The highest BCUT2D eigenvalue weighted by molar-refractivity contribution is 4.89. The topological polar surface area (TPSA) is 6.48 Å². The number of rotatable bonds is 2. The molecule has 2 rings (SSSR count). The standard InChI is InChI=1S/C13H26N2/c1-13(2,3)15-10-5-4-7-12(15)11-14-8-6-9-14/h12H,4-11H2,1-3H3. The smallest absolute Gasteiger partial charge is 0.0228 e. The van der Waals surface area contributed by atoms with Gasteiger partial charge in [0.1, 0.15) is 0 Å². The molecule has 0 aromatic heterocycles. The molecule has 2 nitrogen and oxygen atoms in total. The van der Waals surface area contributed by atoms with Crippen molar-refractivity contribution in [2.75, 3.05) is 26.2 Å². The Morgan fingerprint density at radius 1 is 1.00 bits per heavy atom. The molecule has 2 aliphatic heterocycles. The first-order valence-corrected chi connectivity index (χ1v) is 6.56. The quantitative estimate of drug-likeness (QED) is 0.690. The molecule has 0 aromatic rings. The van der Waals surface area contributed by atoms with Gasteiger partial charge in [-0.2, -0.15) is 0 Å². The van der Waals surface area contributed by atoms with E-state index in [-0.39, 0.29) is 0 Å². The van der Waals surface area contributed by atoms with Gasteiger partial charge < -0.3 is 4.90 Å². The van der Waals surface area contributed by atoms with Gasteiger partial charge in [-0.05, 0) is 59.7 Å². The Balaban J connectivity index is 1.92. The fraction of sp³-hybridized carbons (Fsp3) is 1.00. The van der Waals surface area contributed by atoms with Crippen LogP contribution in [-0.2, 0) is 0 Å². The summed E-state index contributed by atoms with van der Waals surface area (Å²) in [6.07, 6.45) is 5.66. The van der Waals surface area contributed by atoms with Crippen LogP contribution >= 0.6 is 0 Å². The number of nitrogens with zero attached hydrogens (tertiary/aromatic N) is 2. The lowest BCUT2D eigenvalue weighted by Gasteiger charge is -2.47. The van der Waals surface area contributed by atoms with Gasteiger partial charge >= 0.3 is 0 Å². The van der Waals surface area contributed by atoms with Crippen LogP contribution < -0.4 is 0 Å². The van der Waals surface area contributed by atoms with Crippen molar-refractivity contribution in [2.45, 2.75) is 58.0 Å². The molecule has 2 saturated heterocycles. The van der Waals surface area contributed by atoms with Crippen LogP contribution in [0.3, 0.4) is 0 Å². The second-order valence-electron chi connectivity index (χ2n) is 6.17. The normalized spacial score (nSPS) is 30.2. The third-order valence-electron chi connectivity index (χ3n) is 3.91. The van der Waals surface area contributed by atoms with Crippen LogP contribution in [0.2, 0.25) is 0 Å². The van der Waals surface area contributed by atoms with E-state index < -0.39 is 0 Å². The maximum absolute atomic E-state index is 2.73. The average Bonchev–Trinajstić information content (AvgIpc) is 2.10. The fourth-order valence-electron chi connectivity index (χ4n) is 2.94. The van der Waals surface area contributed by atoms with Crippen LogP contribution in [0.4, 0.5) is 0 Å². The minimum Gasteiger partial charge on any atom is -0.302 e. The van der Waals surface area contributed by atoms with Gasteiger partial charge in [0.25, 0.3) is 0 Å². The highest BCUT2D eigenvalue weighted by Crippen LogP contribution is 2.26. The Hall–Kier alpha value is -0.0800. The zero-order valence-corrected chi connectivity index (χ0v) is 10.6. The predicted molar refractivity (Wildman–Crippen MR) is 65.2 cm³/mol. The molecular weight excluding hydrogens is 184 g/mol. The Labute approximate surface area is 94.6 Å². The monoisotopic (exact) mass is 210 g/mol. The number of piperidine rings is 1. The molecule has 1 unspecified atom stereocenters. The number of hydrogen-bond acceptors (Lipinski definition) is 2. The van der Waals surface area contributed by atoms with Gasteiger partial charge in [-0.15, -0.1) is 0 Å². The summed E-state index contributed by atoms with van der Waals surface area (Å²) in [5, 5.41) is 0. The van der Waals surface area contributed by atoms with Crippen molar-refractivity contribution in [3.05, 3.63) is 0 Å². The molecule has 0 amide bonds. The molecule has 2 heterocycles. The highest BCUT2D eigenvalue weighted by atomic mass is 15.3. The molecule has 88 valence electrons. The summed E-state index contributed by atoms with van der Waals surface area (Å²) in [5.41, 5.74) is 0.357. The van der Waals surface area contributed by atoms with E-state index in [1.807, 2.05) is 0 Å². The Kier molecular flexibility index (Phi) is 3.36. The van der Waals surface area contributed by atoms with E-state index in [2.05, 4.69) is 30.6 Å². The molecule has 2 fully saturated rings. The van der Waals surface area contributed by atoms with E-state index >= 15 is 0 Å². The molecule has 0 radical (unpaired) electrons. The van der Waals surface area contributed by atoms with E-state index in [1.165, 1.54) is 51.9 Å². The van der Waals surface area contributed by atoms with Crippen molar-refractivity contribution in [3.63, 3.8) is 0 Å². The van der Waals surface area contributed by atoms with Gasteiger partial charge in [-0.25, -0.2) is 0 Å². The molecule has 2 heteroatoms. The van der Waals surface area contributed by atoms with E-state index in [4.69, 9.17) is 0 Å². The third kappa shape index (κ3) is 2.73. The molecule has 1 atom stereocenters. The lowest BCUT2D eigenvalue weighted by atomic mass is 9.94. The zero-order valence-electron chi connectivity index (χ0n) is 10.6. The van der Waals surface area contributed by atoms with Crippen molar-refractivity contribution < 1.29 is 0 Å². The Morgan fingerprint density at radius 2 is 1.73 bits per heavy atom. The summed E-state index contributed by atoms with van der Waals surface area (Å²) in [6, 6.07) is 0.819. The van der Waals surface area contributed by atoms with Gasteiger partial charge in [0, 0.05) is 18.1 Å². The zero-order chi connectivity index (χ0) is 10.9. The van der Waals surface area contributed by atoms with Crippen molar-refractivity contribution in [1.29, 1.82) is 0 Å². The van der Waals surface area contributed by atoms with Crippen LogP contribution in [0.1, 0.15) is 46.5 Å². The average molecular weight is 210 g/mol. The van der Waals surface area contributed by atoms with Crippen LogP contribution in [0.15, 0.2) is 0 Å². The van der Waals surface area contributed by atoms with Crippen LogP contribution in [-0.4, -0.2) is 47.6 Å². The van der Waals surface area contributed by atoms with Crippen LogP contribution in [0.25, 0.3) is 0 Å². The van der Waals surface area contributed by atoms with Gasteiger partial charge in [0.2, 0.25) is 0 Å². The molecule has 0 aliphatic carbocycles. The van der Waals surface area contributed by atoms with E-state index in [9.17, 15) is 0 Å². The van der Waals surface area contributed by atoms with E-state index in [1.54, 1.807) is 0 Å². The van der Waals surface area contributed by atoms with Crippen LogP contribution in [0, 0.1) is 0 Å². The van der Waals surface area contributed by atoms with Crippen molar-refractivity contribution in [3.8, 4) is 0 Å². The van der Waals surface area contributed by atoms with E-state index in [0.717, 1.165) is 6.04 Å². The summed E-state index contributed by atoms with van der Waals surface area (Å²) >= 11 is 0. The summed E-state index contributed by atoms with van der Waals surface area (Å²) in [5.74, 6) is 0. The molecule has 0 saturated carbocycles. The molecule has 0 aromatic carbocycles. The van der Waals surface area contributed by atoms with Crippen LogP contribution in [0.5, 0.6) is 0 Å². The van der Waals surface area contributed by atoms with Gasteiger partial charge in [0.05, 0.1) is 0 Å². The Morgan fingerprint density at radius 3 is 2.27 bits per heavy atom. The van der Waals surface area contributed by atoms with Gasteiger partial charge in [-0.1, -0.05) is 6.42 Å². The summed E-state index contributed by atoms with van der Waals surface area (Å²) in [7, 11) is 0. The molecule has 2 aliphatic rings. The molecule has 0 N–H and O–H groups in total. The maximum atomic E-state index is 2.73. The molecule has 0 bridgehead atoms. The largest absolute Gasteiger partial charge is 0.302 e. The third-order valence-corrected chi connectivity index (χ3v) is 3.91. The first-order chi connectivity index (χ1) is 7.07. The molecular formula is C13H26N2. The van der Waals surface area contributed by atoms with Gasteiger partial charge in [0.15, 0.2) is 0 Å². The van der Waals surface area contributed by atoms with E-state index in [0.29, 0.717) is 5.54 Å². The van der Waals surface area contributed by atoms with Crippen molar-refractivity contribution in [1.82, 2.24) is 9.80 Å². The number of hydrogen-bond donors (Lipinski definition) is 0. The Bertz CT molecular complexity index is 203. The van der Waals surface area contributed by atoms with Gasteiger partial charge in [-0.3, -0.25) is 4.90 Å². The van der Waals surface area contributed by atoms with Crippen molar-refractivity contribution in [2.24, 2.45) is 0 Å². The second kappa shape index (κ2) is 4.42. The highest BCUT2D eigenvalue weighted by Gasteiger charge is 2.32.